The standard InChI is InChI=1S/C19H20O4/c1-13(2)14-8-10-15(11-9-14)19(21)23-12-17(20)16-6-4-5-7-18(16)22-3/h4-11,13H,12H2,1-3H3. The van der Waals surface area contributed by atoms with Crippen LogP contribution in [0.5, 0.6) is 5.75 Å². The van der Waals surface area contributed by atoms with E-state index in [1.165, 1.54) is 7.11 Å². The fourth-order valence-corrected chi connectivity index (χ4v) is 2.17. The molecule has 0 N–H and O–H groups in total. The third-order valence-electron chi connectivity index (χ3n) is 3.55. The lowest BCUT2D eigenvalue weighted by Crippen LogP contribution is -2.15. The number of carbonyl (C=O) groups is 2. The minimum absolute atomic E-state index is 0.297. The number of carbonyl (C=O) groups excluding carboxylic acids is 2. The molecule has 0 fully saturated rings. The molecular weight excluding hydrogens is 292 g/mol. The molecule has 23 heavy (non-hydrogen) atoms. The van der Waals surface area contributed by atoms with Crippen molar-refractivity contribution < 1.29 is 19.1 Å². The first-order valence-electron chi connectivity index (χ1n) is 7.46. The summed E-state index contributed by atoms with van der Waals surface area (Å²) < 4.78 is 10.2. The maximum absolute atomic E-state index is 12.1. The summed E-state index contributed by atoms with van der Waals surface area (Å²) in [6.45, 7) is 3.85. The summed E-state index contributed by atoms with van der Waals surface area (Å²) in [5.41, 5.74) is 1.98. The van der Waals surface area contributed by atoms with Crippen molar-refractivity contribution in [3.05, 3.63) is 65.2 Å². The van der Waals surface area contributed by atoms with E-state index in [4.69, 9.17) is 9.47 Å². The topological polar surface area (TPSA) is 52.6 Å². The molecule has 4 heteroatoms. The van der Waals surface area contributed by atoms with Crippen LogP contribution in [-0.2, 0) is 4.74 Å². The highest BCUT2D eigenvalue weighted by molar-refractivity contribution is 6.01. The lowest BCUT2D eigenvalue weighted by Gasteiger charge is -2.09. The van der Waals surface area contributed by atoms with Crippen LogP contribution in [0.4, 0.5) is 0 Å². The van der Waals surface area contributed by atoms with Crippen molar-refractivity contribution in [3.63, 3.8) is 0 Å². The Hall–Kier alpha value is -2.62. The Bertz CT molecular complexity index is 687. The lowest BCUT2D eigenvalue weighted by molar-refractivity contribution is 0.0474. The van der Waals surface area contributed by atoms with Gasteiger partial charge in [0.2, 0.25) is 5.78 Å². The molecule has 0 aliphatic heterocycles. The summed E-state index contributed by atoms with van der Waals surface area (Å²) >= 11 is 0. The van der Waals surface area contributed by atoms with Crippen LogP contribution in [0.2, 0.25) is 0 Å². The Kier molecular flexibility index (Phi) is 5.52. The third-order valence-corrected chi connectivity index (χ3v) is 3.55. The Morgan fingerprint density at radius 1 is 1.00 bits per heavy atom. The molecule has 0 spiro atoms. The van der Waals surface area contributed by atoms with Crippen molar-refractivity contribution in [1.82, 2.24) is 0 Å². The normalized spacial score (nSPS) is 10.4. The number of benzene rings is 2. The van der Waals surface area contributed by atoms with Crippen LogP contribution in [0.3, 0.4) is 0 Å². The number of Topliss-reactive ketones (excluding diaryl/α,β-unsaturated/α-hetero) is 1. The van der Waals surface area contributed by atoms with Gasteiger partial charge in [-0.2, -0.15) is 0 Å². The van der Waals surface area contributed by atoms with Gasteiger partial charge in [-0.3, -0.25) is 4.79 Å². The number of ketones is 1. The average Bonchev–Trinajstić information content (AvgIpc) is 2.59. The molecule has 0 unspecified atom stereocenters. The quantitative estimate of drug-likeness (QED) is 0.600. The van der Waals surface area contributed by atoms with E-state index in [0.717, 1.165) is 5.56 Å². The van der Waals surface area contributed by atoms with E-state index in [2.05, 4.69) is 13.8 Å². The van der Waals surface area contributed by atoms with Gasteiger partial charge in [0.25, 0.3) is 0 Å². The summed E-state index contributed by atoms with van der Waals surface area (Å²) in [6.07, 6.45) is 0. The van der Waals surface area contributed by atoms with Crippen molar-refractivity contribution in [1.29, 1.82) is 0 Å². The third kappa shape index (κ3) is 4.19. The molecule has 120 valence electrons. The van der Waals surface area contributed by atoms with Crippen LogP contribution in [0.25, 0.3) is 0 Å². The number of hydrogen-bond acceptors (Lipinski definition) is 4. The maximum Gasteiger partial charge on any atom is 0.338 e. The van der Waals surface area contributed by atoms with Crippen molar-refractivity contribution in [2.45, 2.75) is 19.8 Å². The first kappa shape index (κ1) is 16.7. The number of hydrogen-bond donors (Lipinski definition) is 0. The van der Waals surface area contributed by atoms with Gasteiger partial charge < -0.3 is 9.47 Å². The maximum atomic E-state index is 12.1. The summed E-state index contributed by atoms with van der Waals surface area (Å²) in [5.74, 6) is 0.0557. The van der Waals surface area contributed by atoms with Crippen molar-refractivity contribution in [2.75, 3.05) is 13.7 Å². The highest BCUT2D eigenvalue weighted by Crippen LogP contribution is 2.18. The molecule has 0 radical (unpaired) electrons. The van der Waals surface area contributed by atoms with Crippen LogP contribution in [-0.4, -0.2) is 25.5 Å². The van der Waals surface area contributed by atoms with Crippen LogP contribution in [0.1, 0.15) is 46.0 Å². The van der Waals surface area contributed by atoms with Gasteiger partial charge in [0, 0.05) is 0 Å². The minimum atomic E-state index is -0.511. The lowest BCUT2D eigenvalue weighted by atomic mass is 10.0. The van der Waals surface area contributed by atoms with E-state index >= 15 is 0 Å². The molecule has 2 rings (SSSR count). The molecule has 4 nitrogen and oxygen atoms in total. The van der Waals surface area contributed by atoms with Gasteiger partial charge >= 0.3 is 5.97 Å². The number of ether oxygens (including phenoxy) is 2. The molecule has 2 aromatic rings. The second-order valence-corrected chi connectivity index (χ2v) is 5.48. The van der Waals surface area contributed by atoms with Crippen molar-refractivity contribution >= 4 is 11.8 Å². The summed E-state index contributed by atoms with van der Waals surface area (Å²) in [7, 11) is 1.49. The highest BCUT2D eigenvalue weighted by Gasteiger charge is 2.15. The number of methoxy groups -OCH3 is 1. The fourth-order valence-electron chi connectivity index (χ4n) is 2.17. The molecule has 0 bridgehead atoms. The molecule has 2 aromatic carbocycles. The second kappa shape index (κ2) is 7.58. The van der Waals surface area contributed by atoms with Crippen LogP contribution in [0, 0.1) is 0 Å². The first-order chi connectivity index (χ1) is 11.0. The van der Waals surface area contributed by atoms with E-state index in [-0.39, 0.29) is 12.4 Å². The SMILES string of the molecule is COc1ccccc1C(=O)COC(=O)c1ccc(C(C)C)cc1. The predicted octanol–water partition coefficient (Wildman–Crippen LogP) is 3.86. The van der Waals surface area contributed by atoms with Crippen LogP contribution in [0.15, 0.2) is 48.5 Å². The molecule has 0 atom stereocenters. The Morgan fingerprint density at radius 3 is 2.26 bits per heavy atom. The van der Waals surface area contributed by atoms with E-state index in [0.29, 0.717) is 22.8 Å². The van der Waals surface area contributed by atoms with Crippen molar-refractivity contribution in [2.24, 2.45) is 0 Å². The summed E-state index contributed by atoms with van der Waals surface area (Å²) in [6, 6.07) is 14.1. The zero-order valence-corrected chi connectivity index (χ0v) is 13.5. The van der Waals surface area contributed by atoms with Crippen LogP contribution >= 0.6 is 0 Å². The van der Waals surface area contributed by atoms with E-state index in [1.54, 1.807) is 36.4 Å². The van der Waals surface area contributed by atoms with Gasteiger partial charge in [-0.15, -0.1) is 0 Å². The fraction of sp³-hybridized carbons (Fsp3) is 0.263. The van der Waals surface area contributed by atoms with Crippen LogP contribution < -0.4 is 4.74 Å². The molecule has 0 saturated heterocycles. The molecule has 0 aliphatic rings. The van der Waals surface area contributed by atoms with Gasteiger partial charge in [0.1, 0.15) is 5.75 Å². The monoisotopic (exact) mass is 312 g/mol. The van der Waals surface area contributed by atoms with Gasteiger partial charge in [0.15, 0.2) is 6.61 Å². The largest absolute Gasteiger partial charge is 0.496 e. The minimum Gasteiger partial charge on any atom is -0.496 e. The highest BCUT2D eigenvalue weighted by atomic mass is 16.5. The Labute approximate surface area is 136 Å². The van der Waals surface area contributed by atoms with Crippen molar-refractivity contribution in [3.8, 4) is 5.75 Å². The summed E-state index contributed by atoms with van der Waals surface area (Å²) in [4.78, 5) is 24.2. The van der Waals surface area contributed by atoms with E-state index in [9.17, 15) is 9.59 Å². The predicted molar refractivity (Wildman–Crippen MR) is 88.1 cm³/mol. The molecule has 0 aliphatic carbocycles. The molecule has 0 saturated carbocycles. The summed E-state index contributed by atoms with van der Waals surface area (Å²) in [5, 5.41) is 0. The van der Waals surface area contributed by atoms with Gasteiger partial charge in [-0.05, 0) is 35.7 Å². The average molecular weight is 312 g/mol. The van der Waals surface area contributed by atoms with E-state index in [1.807, 2.05) is 12.1 Å². The molecule has 0 amide bonds. The zero-order chi connectivity index (χ0) is 16.8. The molecule has 0 heterocycles. The molecular formula is C19H20O4. The first-order valence-corrected chi connectivity index (χ1v) is 7.46. The van der Waals surface area contributed by atoms with E-state index < -0.39 is 5.97 Å². The molecule has 0 aromatic heterocycles. The number of rotatable bonds is 6. The van der Waals surface area contributed by atoms with Gasteiger partial charge in [-0.1, -0.05) is 38.1 Å². The van der Waals surface area contributed by atoms with Gasteiger partial charge in [-0.25, -0.2) is 4.79 Å². The van der Waals surface area contributed by atoms with Gasteiger partial charge in [0.05, 0.1) is 18.2 Å². The number of esters is 1. The Balaban J connectivity index is 1.99. The Morgan fingerprint density at radius 2 is 1.65 bits per heavy atom. The number of para-hydroxylation sites is 1. The smallest absolute Gasteiger partial charge is 0.338 e. The second-order valence-electron chi connectivity index (χ2n) is 5.48. The zero-order valence-electron chi connectivity index (χ0n) is 13.5.